The van der Waals surface area contributed by atoms with E-state index in [1.54, 1.807) is 18.4 Å². The average molecular weight is 235 g/mol. The van der Waals surface area contributed by atoms with E-state index in [4.69, 9.17) is 0 Å². The summed E-state index contributed by atoms with van der Waals surface area (Å²) in [5.74, 6) is 0. The van der Waals surface area contributed by atoms with E-state index in [1.165, 1.54) is 4.31 Å². The van der Waals surface area contributed by atoms with Crippen molar-refractivity contribution < 1.29 is 8.42 Å². The third kappa shape index (κ3) is 2.69. The van der Waals surface area contributed by atoms with Gasteiger partial charge in [-0.05, 0) is 26.8 Å². The lowest BCUT2D eigenvalue weighted by Crippen LogP contribution is -2.50. The fourth-order valence-electron chi connectivity index (χ4n) is 1.92. The van der Waals surface area contributed by atoms with Crippen molar-refractivity contribution in [2.24, 2.45) is 0 Å². The molecule has 1 aliphatic rings. The van der Waals surface area contributed by atoms with E-state index >= 15 is 0 Å². The molecule has 0 aromatic heterocycles. The van der Waals surface area contributed by atoms with Crippen LogP contribution in [0.3, 0.4) is 0 Å². The summed E-state index contributed by atoms with van der Waals surface area (Å²) in [4.78, 5) is 0. The molecule has 1 aliphatic heterocycles. The van der Waals surface area contributed by atoms with Crippen LogP contribution in [-0.4, -0.2) is 56.3 Å². The molecule has 1 fully saturated rings. The molecule has 1 unspecified atom stereocenters. The van der Waals surface area contributed by atoms with Crippen molar-refractivity contribution in [3.63, 3.8) is 0 Å². The largest absolute Gasteiger partial charge is 0.315 e. The maximum absolute atomic E-state index is 12.1. The zero-order valence-corrected chi connectivity index (χ0v) is 10.7. The molecule has 1 heterocycles. The van der Waals surface area contributed by atoms with Gasteiger partial charge >= 0.3 is 0 Å². The first-order chi connectivity index (χ1) is 6.87. The third-order valence-corrected chi connectivity index (χ3v) is 4.81. The van der Waals surface area contributed by atoms with Gasteiger partial charge in [0.05, 0.1) is 0 Å². The van der Waals surface area contributed by atoms with Crippen LogP contribution in [0.5, 0.6) is 0 Å². The molecule has 0 aromatic carbocycles. The lowest BCUT2D eigenvalue weighted by molar-refractivity contribution is 0.269. The Morgan fingerprint density at radius 3 is 2.27 bits per heavy atom. The standard InChI is InChI=1S/C9H21N3O2S/c1-8(2)12(9-5-6-10-7-9)15(13,14)11(3)4/h8-10H,5-7H2,1-4H3. The third-order valence-electron chi connectivity index (χ3n) is 2.63. The van der Waals surface area contributed by atoms with Gasteiger partial charge < -0.3 is 5.32 Å². The molecule has 1 rings (SSSR count). The monoisotopic (exact) mass is 235 g/mol. The molecule has 1 saturated heterocycles. The highest BCUT2D eigenvalue weighted by atomic mass is 32.2. The van der Waals surface area contributed by atoms with E-state index < -0.39 is 10.2 Å². The van der Waals surface area contributed by atoms with Crippen molar-refractivity contribution in [1.29, 1.82) is 0 Å². The van der Waals surface area contributed by atoms with E-state index in [9.17, 15) is 8.42 Å². The minimum Gasteiger partial charge on any atom is -0.315 e. The molecular weight excluding hydrogens is 214 g/mol. The van der Waals surface area contributed by atoms with Gasteiger partial charge in [0.2, 0.25) is 0 Å². The number of nitrogens with one attached hydrogen (secondary N) is 1. The van der Waals surface area contributed by atoms with Crippen LogP contribution in [-0.2, 0) is 10.2 Å². The van der Waals surface area contributed by atoms with Crippen LogP contribution in [0, 0.1) is 0 Å². The van der Waals surface area contributed by atoms with Gasteiger partial charge in [0, 0.05) is 32.7 Å². The quantitative estimate of drug-likeness (QED) is 0.738. The Morgan fingerprint density at radius 2 is 1.93 bits per heavy atom. The lowest BCUT2D eigenvalue weighted by Gasteiger charge is -2.33. The van der Waals surface area contributed by atoms with Crippen LogP contribution in [0.25, 0.3) is 0 Å². The van der Waals surface area contributed by atoms with Gasteiger partial charge in [0.25, 0.3) is 10.2 Å². The highest BCUT2D eigenvalue weighted by Crippen LogP contribution is 2.18. The van der Waals surface area contributed by atoms with Gasteiger partial charge in [-0.25, -0.2) is 0 Å². The summed E-state index contributed by atoms with van der Waals surface area (Å²) in [6.07, 6.45) is 0.894. The molecule has 5 nitrogen and oxygen atoms in total. The van der Waals surface area contributed by atoms with Gasteiger partial charge in [0.1, 0.15) is 0 Å². The first kappa shape index (κ1) is 12.9. The predicted octanol–water partition coefficient (Wildman–Crippen LogP) is -0.135. The van der Waals surface area contributed by atoms with E-state index in [2.05, 4.69) is 5.32 Å². The zero-order valence-electron chi connectivity index (χ0n) is 9.90. The fourth-order valence-corrected chi connectivity index (χ4v) is 3.39. The van der Waals surface area contributed by atoms with Gasteiger partial charge in [-0.1, -0.05) is 0 Å². The fraction of sp³-hybridized carbons (Fsp3) is 1.00. The van der Waals surface area contributed by atoms with Crippen molar-refractivity contribution >= 4 is 10.2 Å². The Kier molecular flexibility index (Phi) is 4.11. The van der Waals surface area contributed by atoms with Crippen LogP contribution in [0.1, 0.15) is 20.3 Å². The van der Waals surface area contributed by atoms with Crippen molar-refractivity contribution in [1.82, 2.24) is 13.9 Å². The Morgan fingerprint density at radius 1 is 1.33 bits per heavy atom. The molecule has 1 N–H and O–H groups in total. The van der Waals surface area contributed by atoms with Crippen LogP contribution in [0.15, 0.2) is 0 Å². The number of rotatable bonds is 4. The Labute approximate surface area is 92.6 Å². The maximum atomic E-state index is 12.1. The van der Waals surface area contributed by atoms with Crippen molar-refractivity contribution in [2.75, 3.05) is 27.2 Å². The summed E-state index contributed by atoms with van der Waals surface area (Å²) in [5, 5.41) is 3.19. The minimum atomic E-state index is -3.30. The van der Waals surface area contributed by atoms with Gasteiger partial charge in [-0.2, -0.15) is 17.0 Å². The molecular formula is C9H21N3O2S. The van der Waals surface area contributed by atoms with Crippen LogP contribution >= 0.6 is 0 Å². The van der Waals surface area contributed by atoms with Crippen molar-refractivity contribution in [2.45, 2.75) is 32.4 Å². The summed E-state index contributed by atoms with van der Waals surface area (Å²) in [5.41, 5.74) is 0. The minimum absolute atomic E-state index is 0.00213. The zero-order chi connectivity index (χ0) is 11.6. The number of hydrogen-bond donors (Lipinski definition) is 1. The lowest BCUT2D eigenvalue weighted by atomic mass is 10.2. The number of hydrogen-bond acceptors (Lipinski definition) is 3. The molecule has 0 aromatic rings. The average Bonchev–Trinajstić information content (AvgIpc) is 2.55. The molecule has 1 atom stereocenters. The highest BCUT2D eigenvalue weighted by molar-refractivity contribution is 7.86. The molecule has 0 spiro atoms. The summed E-state index contributed by atoms with van der Waals surface area (Å²) in [6.45, 7) is 5.49. The van der Waals surface area contributed by atoms with Crippen LogP contribution in [0.4, 0.5) is 0 Å². The molecule has 15 heavy (non-hydrogen) atoms. The van der Waals surface area contributed by atoms with E-state index in [0.717, 1.165) is 19.5 Å². The summed E-state index contributed by atoms with van der Waals surface area (Å²) in [6, 6.07) is 0.0969. The molecule has 0 bridgehead atoms. The normalized spacial score (nSPS) is 23.3. The molecule has 0 radical (unpaired) electrons. The SMILES string of the molecule is CC(C)N(C1CCNC1)S(=O)(=O)N(C)C. The van der Waals surface area contributed by atoms with Gasteiger partial charge in [-0.15, -0.1) is 0 Å². The Hall–Kier alpha value is -0.170. The predicted molar refractivity (Wildman–Crippen MR) is 60.9 cm³/mol. The van der Waals surface area contributed by atoms with Crippen molar-refractivity contribution in [3.8, 4) is 0 Å². The van der Waals surface area contributed by atoms with E-state index in [-0.39, 0.29) is 12.1 Å². The summed E-state index contributed by atoms with van der Waals surface area (Å²) >= 11 is 0. The second-order valence-electron chi connectivity index (χ2n) is 4.36. The Bertz CT molecular complexity index is 294. The van der Waals surface area contributed by atoms with E-state index in [0.29, 0.717) is 0 Å². The van der Waals surface area contributed by atoms with Crippen molar-refractivity contribution in [3.05, 3.63) is 0 Å². The molecule has 0 saturated carbocycles. The summed E-state index contributed by atoms with van der Waals surface area (Å²) in [7, 11) is -0.142. The topological polar surface area (TPSA) is 52.7 Å². The molecule has 0 aliphatic carbocycles. The molecule has 0 amide bonds. The first-order valence-electron chi connectivity index (χ1n) is 5.29. The van der Waals surface area contributed by atoms with Crippen LogP contribution in [0.2, 0.25) is 0 Å². The second-order valence-corrected chi connectivity index (χ2v) is 6.41. The van der Waals surface area contributed by atoms with Crippen LogP contribution < -0.4 is 5.32 Å². The Balaban J connectivity index is 2.92. The molecule has 90 valence electrons. The maximum Gasteiger partial charge on any atom is 0.282 e. The highest BCUT2D eigenvalue weighted by Gasteiger charge is 2.35. The van der Waals surface area contributed by atoms with E-state index in [1.807, 2.05) is 13.8 Å². The first-order valence-corrected chi connectivity index (χ1v) is 6.68. The smallest absolute Gasteiger partial charge is 0.282 e. The second kappa shape index (κ2) is 4.78. The van der Waals surface area contributed by atoms with Gasteiger partial charge in [0.15, 0.2) is 0 Å². The van der Waals surface area contributed by atoms with Gasteiger partial charge in [-0.3, -0.25) is 0 Å². The molecule has 6 heteroatoms. The number of nitrogens with zero attached hydrogens (tertiary/aromatic N) is 2. The summed E-state index contributed by atoms with van der Waals surface area (Å²) < 4.78 is 27.1.